The van der Waals surface area contributed by atoms with E-state index in [9.17, 15) is 14.4 Å². The molecule has 94 valence electrons. The second-order valence-electron chi connectivity index (χ2n) is 3.50. The highest BCUT2D eigenvalue weighted by Gasteiger charge is 2.28. The van der Waals surface area contributed by atoms with Crippen LogP contribution in [0.1, 0.15) is 0 Å². The molecule has 1 aliphatic heterocycles. The van der Waals surface area contributed by atoms with Crippen molar-refractivity contribution >= 4 is 18.0 Å². The summed E-state index contributed by atoms with van der Waals surface area (Å²) in [6.45, 7) is 3.47. The van der Waals surface area contributed by atoms with E-state index in [1.165, 1.54) is 15.9 Å². The predicted molar refractivity (Wildman–Crippen MR) is 57.3 cm³/mol. The van der Waals surface area contributed by atoms with Crippen LogP contribution in [0.5, 0.6) is 0 Å². The minimum atomic E-state index is -1.07. The molecule has 1 saturated heterocycles. The van der Waals surface area contributed by atoms with Crippen LogP contribution in [-0.2, 0) is 14.3 Å². The van der Waals surface area contributed by atoms with E-state index in [0.717, 1.165) is 0 Å². The zero-order valence-corrected chi connectivity index (χ0v) is 9.29. The van der Waals surface area contributed by atoms with Gasteiger partial charge in [0.1, 0.15) is 19.7 Å². The molecule has 0 spiro atoms. The van der Waals surface area contributed by atoms with Crippen LogP contribution in [0.2, 0.25) is 0 Å². The van der Waals surface area contributed by atoms with Crippen LogP contribution < -0.4 is 0 Å². The van der Waals surface area contributed by atoms with E-state index in [1.54, 1.807) is 0 Å². The van der Waals surface area contributed by atoms with Gasteiger partial charge in [0.2, 0.25) is 5.91 Å². The highest BCUT2D eigenvalue weighted by molar-refractivity contribution is 5.86. The number of hydrogen-bond acceptors (Lipinski definition) is 4. The third kappa shape index (κ3) is 3.78. The third-order valence-electron chi connectivity index (χ3n) is 2.23. The molecule has 7 heteroatoms. The first kappa shape index (κ1) is 13.0. The highest BCUT2D eigenvalue weighted by Crippen LogP contribution is 2.05. The van der Waals surface area contributed by atoms with Crippen LogP contribution in [0.25, 0.3) is 0 Å². The second kappa shape index (κ2) is 5.88. The quantitative estimate of drug-likeness (QED) is 0.674. The lowest BCUT2D eigenvalue weighted by Crippen LogP contribution is -2.53. The van der Waals surface area contributed by atoms with Crippen LogP contribution in [0.15, 0.2) is 12.7 Å². The Morgan fingerprint density at radius 2 is 2.18 bits per heavy atom. The fourth-order valence-electron chi connectivity index (χ4n) is 1.42. The van der Waals surface area contributed by atoms with Gasteiger partial charge in [-0.1, -0.05) is 12.7 Å². The SMILES string of the molecule is C=CCOC(=O)N1CCN(CC(=O)O)C(=O)C1. The molecule has 7 nitrogen and oxygen atoms in total. The topological polar surface area (TPSA) is 87.2 Å². The smallest absolute Gasteiger partial charge is 0.410 e. The van der Waals surface area contributed by atoms with E-state index in [-0.39, 0.29) is 32.8 Å². The number of amides is 2. The van der Waals surface area contributed by atoms with Crippen LogP contribution >= 0.6 is 0 Å². The summed E-state index contributed by atoms with van der Waals surface area (Å²) in [4.78, 5) is 35.8. The number of carbonyl (C=O) groups is 3. The minimum Gasteiger partial charge on any atom is -0.480 e. The number of rotatable bonds is 4. The van der Waals surface area contributed by atoms with Crippen molar-refractivity contribution < 1.29 is 24.2 Å². The Balaban J connectivity index is 2.46. The average molecular weight is 242 g/mol. The minimum absolute atomic E-state index is 0.0857. The molecular weight excluding hydrogens is 228 g/mol. The summed E-state index contributed by atoms with van der Waals surface area (Å²) in [6, 6.07) is 0. The number of nitrogens with zero attached hydrogens (tertiary/aromatic N) is 2. The monoisotopic (exact) mass is 242 g/mol. The van der Waals surface area contributed by atoms with Gasteiger partial charge in [-0.2, -0.15) is 0 Å². The largest absolute Gasteiger partial charge is 0.480 e. The molecule has 1 fully saturated rings. The summed E-state index contributed by atoms with van der Waals surface area (Å²) in [7, 11) is 0. The number of carboxylic acids is 1. The van der Waals surface area contributed by atoms with Crippen molar-refractivity contribution in [2.24, 2.45) is 0 Å². The summed E-state index contributed by atoms with van der Waals surface area (Å²) in [5.74, 6) is -1.46. The summed E-state index contributed by atoms with van der Waals surface area (Å²) in [5.41, 5.74) is 0. The molecule has 0 aliphatic carbocycles. The number of hydrogen-bond donors (Lipinski definition) is 1. The Labute approximate surface area is 98.2 Å². The Morgan fingerprint density at radius 1 is 1.47 bits per heavy atom. The van der Waals surface area contributed by atoms with Gasteiger partial charge in [-0.3, -0.25) is 14.5 Å². The van der Waals surface area contributed by atoms with E-state index in [4.69, 9.17) is 9.84 Å². The molecule has 2 amide bonds. The maximum Gasteiger partial charge on any atom is 0.410 e. The Hall–Kier alpha value is -2.05. The van der Waals surface area contributed by atoms with Crippen molar-refractivity contribution in [3.63, 3.8) is 0 Å². The molecule has 0 bridgehead atoms. The fraction of sp³-hybridized carbons (Fsp3) is 0.500. The first-order chi connectivity index (χ1) is 8.04. The van der Waals surface area contributed by atoms with Crippen molar-refractivity contribution in [3.8, 4) is 0 Å². The second-order valence-corrected chi connectivity index (χ2v) is 3.50. The van der Waals surface area contributed by atoms with Crippen LogP contribution in [-0.4, -0.2) is 65.7 Å². The van der Waals surface area contributed by atoms with Gasteiger partial charge >= 0.3 is 12.1 Å². The van der Waals surface area contributed by atoms with E-state index in [2.05, 4.69) is 6.58 Å². The van der Waals surface area contributed by atoms with Gasteiger partial charge in [-0.15, -0.1) is 0 Å². The van der Waals surface area contributed by atoms with Crippen LogP contribution in [0.4, 0.5) is 4.79 Å². The number of piperazine rings is 1. The molecular formula is C10H14N2O5. The lowest BCUT2D eigenvalue weighted by atomic mass is 10.3. The molecule has 1 aliphatic rings. The zero-order valence-electron chi connectivity index (χ0n) is 9.29. The number of ether oxygens (including phenoxy) is 1. The van der Waals surface area contributed by atoms with Crippen molar-refractivity contribution in [3.05, 3.63) is 12.7 Å². The predicted octanol–water partition coefficient (Wildman–Crippen LogP) is -0.462. The number of aliphatic carboxylic acids is 1. The van der Waals surface area contributed by atoms with E-state index >= 15 is 0 Å². The van der Waals surface area contributed by atoms with Crippen molar-refractivity contribution in [2.75, 3.05) is 32.8 Å². The molecule has 0 radical (unpaired) electrons. The maximum absolute atomic E-state index is 11.5. The van der Waals surface area contributed by atoms with E-state index < -0.39 is 18.0 Å². The first-order valence-corrected chi connectivity index (χ1v) is 5.06. The van der Waals surface area contributed by atoms with Gasteiger partial charge in [0, 0.05) is 13.1 Å². The standard InChI is InChI=1S/C10H14N2O5/c1-2-5-17-10(16)12-4-3-11(7-9(14)15)8(13)6-12/h2H,1,3-7H2,(H,14,15). The molecule has 0 saturated carbocycles. The van der Waals surface area contributed by atoms with Gasteiger partial charge in [0.05, 0.1) is 0 Å². The lowest BCUT2D eigenvalue weighted by Gasteiger charge is -2.32. The molecule has 1 rings (SSSR count). The molecule has 0 atom stereocenters. The average Bonchev–Trinajstić information content (AvgIpc) is 2.28. The lowest BCUT2D eigenvalue weighted by molar-refractivity contribution is -0.146. The van der Waals surface area contributed by atoms with Crippen molar-refractivity contribution in [1.29, 1.82) is 0 Å². The first-order valence-electron chi connectivity index (χ1n) is 5.06. The van der Waals surface area contributed by atoms with Gasteiger partial charge in [0.15, 0.2) is 0 Å². The number of carbonyl (C=O) groups excluding carboxylic acids is 2. The third-order valence-corrected chi connectivity index (χ3v) is 2.23. The van der Waals surface area contributed by atoms with E-state index in [0.29, 0.717) is 0 Å². The molecule has 0 aromatic rings. The highest BCUT2D eigenvalue weighted by atomic mass is 16.6. The molecule has 17 heavy (non-hydrogen) atoms. The number of carboxylic acid groups (broad SMARTS) is 1. The Kier molecular flexibility index (Phi) is 4.50. The summed E-state index contributed by atoms with van der Waals surface area (Å²) < 4.78 is 4.78. The van der Waals surface area contributed by atoms with Gasteiger partial charge in [0.25, 0.3) is 0 Å². The van der Waals surface area contributed by atoms with E-state index in [1.807, 2.05) is 0 Å². The van der Waals surface area contributed by atoms with Crippen molar-refractivity contribution in [1.82, 2.24) is 9.80 Å². The molecule has 0 aromatic heterocycles. The van der Waals surface area contributed by atoms with Gasteiger partial charge < -0.3 is 14.7 Å². The summed E-state index contributed by atoms with van der Waals surface area (Å²) in [6.07, 6.45) is 0.841. The molecule has 0 aromatic carbocycles. The fourth-order valence-corrected chi connectivity index (χ4v) is 1.42. The van der Waals surface area contributed by atoms with Gasteiger partial charge in [-0.25, -0.2) is 4.79 Å². The normalized spacial score (nSPS) is 15.6. The van der Waals surface area contributed by atoms with Crippen LogP contribution in [0, 0.1) is 0 Å². The summed E-state index contributed by atoms with van der Waals surface area (Å²) in [5, 5.41) is 8.56. The Morgan fingerprint density at radius 3 is 2.71 bits per heavy atom. The molecule has 1 N–H and O–H groups in total. The van der Waals surface area contributed by atoms with Crippen LogP contribution in [0.3, 0.4) is 0 Å². The van der Waals surface area contributed by atoms with Gasteiger partial charge in [-0.05, 0) is 0 Å². The maximum atomic E-state index is 11.5. The zero-order chi connectivity index (χ0) is 12.8. The summed E-state index contributed by atoms with van der Waals surface area (Å²) >= 11 is 0. The molecule has 1 heterocycles. The molecule has 0 unspecified atom stereocenters. The van der Waals surface area contributed by atoms with Crippen molar-refractivity contribution in [2.45, 2.75) is 0 Å². The Bertz CT molecular complexity index is 342.